The molecule has 0 spiro atoms. The molecule has 0 heterocycles. The van der Waals surface area contributed by atoms with E-state index in [2.05, 4.69) is 6.58 Å². The fraction of sp³-hybridized carbons (Fsp3) is 0.833. The average molecular weight is 453 g/mol. The second-order valence-corrected chi connectivity index (χ2v) is 5.70. The van der Waals surface area contributed by atoms with Crippen LogP contribution in [0, 0.1) is 0 Å². The summed E-state index contributed by atoms with van der Waals surface area (Å²) in [5.74, 6) is -0.981. The van der Waals surface area contributed by atoms with Gasteiger partial charge in [-0.1, -0.05) is 6.58 Å². The van der Waals surface area contributed by atoms with Crippen LogP contribution in [-0.4, -0.2) is 126 Å². The maximum atomic E-state index is 9.25. The van der Waals surface area contributed by atoms with E-state index in [0.29, 0.717) is 0 Å². The molecule has 5 unspecified atom stereocenters. The van der Waals surface area contributed by atoms with Gasteiger partial charge in [-0.05, 0) is 34.6 Å². The van der Waals surface area contributed by atoms with Gasteiger partial charge in [-0.2, -0.15) is 0 Å². The summed E-state index contributed by atoms with van der Waals surface area (Å²) < 4.78 is 0. The Morgan fingerprint density at radius 3 is 0.667 bits per heavy atom. The third-order valence-electron chi connectivity index (χ3n) is 1.50. The molecule has 0 aromatic carbocycles. The van der Waals surface area contributed by atoms with Gasteiger partial charge in [-0.25, -0.2) is 4.79 Å². The van der Waals surface area contributed by atoms with Crippen LogP contribution in [0.2, 0.25) is 0 Å². The van der Waals surface area contributed by atoms with Gasteiger partial charge in [-0.15, -0.1) is 0 Å². The van der Waals surface area contributed by atoms with Crippen molar-refractivity contribution in [2.75, 3.05) is 33.0 Å². The molecule has 0 aromatic rings. The van der Waals surface area contributed by atoms with Gasteiger partial charge in [0, 0.05) is 6.08 Å². The van der Waals surface area contributed by atoms with Gasteiger partial charge >= 0.3 is 5.97 Å². The minimum atomic E-state index is -0.981. The van der Waals surface area contributed by atoms with Gasteiger partial charge in [0.05, 0.1) is 63.6 Å². The van der Waals surface area contributed by atoms with Gasteiger partial charge in [0.15, 0.2) is 0 Å². The van der Waals surface area contributed by atoms with Crippen LogP contribution < -0.4 is 0 Å². The number of aliphatic hydroxyl groups is 10. The van der Waals surface area contributed by atoms with Gasteiger partial charge < -0.3 is 56.2 Å². The van der Waals surface area contributed by atoms with Gasteiger partial charge in [0.2, 0.25) is 0 Å². The van der Waals surface area contributed by atoms with Crippen molar-refractivity contribution >= 4 is 5.97 Å². The Kier molecular flexibility index (Phi) is 54.8. The predicted molar refractivity (Wildman–Crippen MR) is 112 cm³/mol. The molecule has 0 fully saturated rings. The van der Waals surface area contributed by atoms with E-state index in [1.54, 1.807) is 0 Å². The van der Waals surface area contributed by atoms with Crippen molar-refractivity contribution < 1.29 is 61.0 Å². The first kappa shape index (κ1) is 42.8. The summed E-state index contributed by atoms with van der Waals surface area (Å²) in [5.41, 5.74) is 0. The molecule has 11 N–H and O–H groups in total. The van der Waals surface area contributed by atoms with Crippen LogP contribution >= 0.6 is 0 Å². The van der Waals surface area contributed by atoms with Crippen molar-refractivity contribution in [2.45, 2.75) is 65.1 Å². The van der Waals surface area contributed by atoms with E-state index >= 15 is 0 Å². The Balaban J connectivity index is -0.0000000576. The first-order valence-corrected chi connectivity index (χ1v) is 8.92. The lowest BCUT2D eigenvalue weighted by Gasteiger charge is -1.90. The number of carboxylic acids is 1. The highest BCUT2D eigenvalue weighted by Crippen LogP contribution is 1.70. The number of rotatable bonds is 6. The van der Waals surface area contributed by atoms with Crippen molar-refractivity contribution in [2.24, 2.45) is 0 Å². The summed E-state index contributed by atoms with van der Waals surface area (Å²) in [7, 11) is 0. The zero-order valence-electron chi connectivity index (χ0n) is 18.5. The second kappa shape index (κ2) is 38.4. The zero-order chi connectivity index (χ0) is 25.7. The molecule has 0 saturated heterocycles. The lowest BCUT2D eigenvalue weighted by molar-refractivity contribution is -0.131. The largest absolute Gasteiger partial charge is 0.478 e. The summed E-state index contributed by atoms with van der Waals surface area (Å²) >= 11 is 0. The topological polar surface area (TPSA) is 240 Å². The molecule has 0 saturated carbocycles. The Bertz CT molecular complexity index is 248. The molecule has 0 radical (unpaired) electrons. The molecule has 0 aliphatic rings. The highest BCUT2D eigenvalue weighted by Gasteiger charge is 1.85. The maximum Gasteiger partial charge on any atom is 0.327 e. The first-order chi connectivity index (χ1) is 13.6. The summed E-state index contributed by atoms with van der Waals surface area (Å²) in [4.78, 5) is 9.25. The summed E-state index contributed by atoms with van der Waals surface area (Å²) in [6.07, 6.45) is -1.97. The molecule has 12 heteroatoms. The maximum absolute atomic E-state index is 9.25. The van der Waals surface area contributed by atoms with Crippen molar-refractivity contribution in [3.8, 4) is 0 Å². The van der Waals surface area contributed by atoms with Crippen LogP contribution in [0.1, 0.15) is 34.6 Å². The molecule has 0 amide bonds. The van der Waals surface area contributed by atoms with E-state index in [0.717, 1.165) is 6.08 Å². The quantitative estimate of drug-likeness (QED) is 0.181. The smallest absolute Gasteiger partial charge is 0.327 e. The molecular weight excluding hydrogens is 408 g/mol. The summed E-state index contributed by atoms with van der Waals surface area (Å²) in [6.45, 7) is 9.91. The molecule has 0 aromatic heterocycles. The van der Waals surface area contributed by atoms with E-state index in [1.807, 2.05) is 0 Å². The van der Waals surface area contributed by atoms with Gasteiger partial charge in [-0.3, -0.25) is 0 Å². The number of aliphatic hydroxyl groups excluding tert-OH is 10. The Hall–Kier alpha value is -1.19. The fourth-order valence-electron chi connectivity index (χ4n) is 0. The van der Waals surface area contributed by atoms with Crippen molar-refractivity contribution in [3.63, 3.8) is 0 Å². The third kappa shape index (κ3) is 153. The van der Waals surface area contributed by atoms with Crippen molar-refractivity contribution in [1.82, 2.24) is 0 Å². The predicted octanol–water partition coefficient (Wildman–Crippen LogP) is -2.95. The molecule has 188 valence electrons. The molecule has 0 aliphatic heterocycles. The SMILES string of the molecule is C=CC(=O)O.CC(O)CO.CC(O)CO.CC(O)CO.CC(O)CO.CC(O)CO. The first-order valence-electron chi connectivity index (χ1n) is 8.92. The van der Waals surface area contributed by atoms with E-state index in [9.17, 15) is 4.79 Å². The van der Waals surface area contributed by atoms with E-state index in [-0.39, 0.29) is 33.0 Å². The lowest BCUT2D eigenvalue weighted by atomic mass is 10.5. The van der Waals surface area contributed by atoms with Crippen LogP contribution in [0.25, 0.3) is 0 Å². The number of hydrogen-bond acceptors (Lipinski definition) is 11. The molecule has 0 rings (SSSR count). The standard InChI is InChI=1S/5C3H8O2.C3H4O2/c5*1-3(5)2-4;1-2-3(4)5/h5*3-5H,2H2,1H3;2H,1H2,(H,4,5). The second-order valence-electron chi connectivity index (χ2n) is 5.70. The monoisotopic (exact) mass is 452 g/mol. The van der Waals surface area contributed by atoms with Crippen LogP contribution in [0.15, 0.2) is 12.7 Å². The average Bonchev–Trinajstić information content (AvgIpc) is 2.69. The van der Waals surface area contributed by atoms with Crippen molar-refractivity contribution in [3.05, 3.63) is 12.7 Å². The van der Waals surface area contributed by atoms with Crippen LogP contribution in [0.3, 0.4) is 0 Å². The zero-order valence-corrected chi connectivity index (χ0v) is 18.5. The number of carbonyl (C=O) groups is 1. The van der Waals surface area contributed by atoms with Crippen molar-refractivity contribution in [1.29, 1.82) is 0 Å². The summed E-state index contributed by atoms with van der Waals surface area (Å²) in [6, 6.07) is 0. The number of aliphatic carboxylic acids is 1. The Labute approximate surface area is 178 Å². The highest BCUT2D eigenvalue weighted by atomic mass is 16.4. The van der Waals surface area contributed by atoms with Crippen LogP contribution in [0.5, 0.6) is 0 Å². The van der Waals surface area contributed by atoms with E-state index < -0.39 is 36.5 Å². The molecule has 0 bridgehead atoms. The fourth-order valence-corrected chi connectivity index (χ4v) is 0. The Morgan fingerprint density at radius 1 is 0.600 bits per heavy atom. The van der Waals surface area contributed by atoms with E-state index in [4.69, 9.17) is 56.2 Å². The minimum Gasteiger partial charge on any atom is -0.478 e. The number of carboxylic acid groups (broad SMARTS) is 1. The minimum absolute atomic E-state index is 0.139. The van der Waals surface area contributed by atoms with E-state index in [1.165, 1.54) is 34.6 Å². The van der Waals surface area contributed by atoms with Crippen LogP contribution in [0.4, 0.5) is 0 Å². The molecule has 12 nitrogen and oxygen atoms in total. The molecular formula is C18H44O12. The third-order valence-corrected chi connectivity index (χ3v) is 1.50. The lowest BCUT2D eigenvalue weighted by Crippen LogP contribution is -2.03. The van der Waals surface area contributed by atoms with Gasteiger partial charge in [0.25, 0.3) is 0 Å². The molecule has 0 aliphatic carbocycles. The molecule has 30 heavy (non-hydrogen) atoms. The summed E-state index contributed by atoms with van der Waals surface area (Å²) in [5, 5.41) is 87.6. The normalized spacial score (nSPS) is 13.6. The van der Waals surface area contributed by atoms with Crippen LogP contribution in [-0.2, 0) is 4.79 Å². The molecule has 5 atom stereocenters. The van der Waals surface area contributed by atoms with Gasteiger partial charge in [0.1, 0.15) is 0 Å². The highest BCUT2D eigenvalue weighted by molar-refractivity contribution is 5.78. The Morgan fingerprint density at radius 2 is 0.667 bits per heavy atom. The number of hydrogen-bond donors (Lipinski definition) is 11.